The van der Waals surface area contributed by atoms with Gasteiger partial charge in [-0.25, -0.2) is 0 Å². The van der Waals surface area contributed by atoms with E-state index in [-0.39, 0.29) is 28.4 Å². The van der Waals surface area contributed by atoms with E-state index in [2.05, 4.69) is 5.32 Å². The van der Waals surface area contributed by atoms with Crippen LogP contribution in [-0.4, -0.2) is 9.85 Å². The third kappa shape index (κ3) is 2.01. The second-order valence-electron chi connectivity index (χ2n) is 4.98. The second kappa shape index (κ2) is 4.69. The molecule has 0 atom stereocenters. The molecule has 0 bridgehead atoms. The van der Waals surface area contributed by atoms with Crippen LogP contribution in [0.25, 0.3) is 0 Å². The lowest BCUT2D eigenvalue weighted by atomic mass is 10.1. The van der Waals surface area contributed by atoms with Gasteiger partial charge in [0.15, 0.2) is 17.2 Å². The Balaban J connectivity index is 2.25. The van der Waals surface area contributed by atoms with E-state index in [4.69, 9.17) is 4.74 Å². The number of nitrogens with zero attached hydrogens (tertiary/aromatic N) is 2. The Labute approximate surface area is 124 Å². The number of hydrogen-bond acceptors (Lipinski definition) is 6. The van der Waals surface area contributed by atoms with Crippen molar-refractivity contribution in [2.75, 3.05) is 5.32 Å². The maximum absolute atomic E-state index is 11.2. The Morgan fingerprint density at radius 2 is 1.73 bits per heavy atom. The molecule has 2 aromatic carbocycles. The first-order valence-electron chi connectivity index (χ1n) is 6.40. The maximum atomic E-state index is 11.2. The number of fused-ring (bicyclic) bond motifs is 2. The summed E-state index contributed by atoms with van der Waals surface area (Å²) in [5.41, 5.74) is 1.18. The number of nitro groups is 2. The summed E-state index contributed by atoms with van der Waals surface area (Å²) in [6, 6.07) is 6.28. The molecule has 22 heavy (non-hydrogen) atoms. The quantitative estimate of drug-likeness (QED) is 0.566. The van der Waals surface area contributed by atoms with Crippen LogP contribution in [-0.2, 0) is 0 Å². The van der Waals surface area contributed by atoms with Gasteiger partial charge in [0.05, 0.1) is 27.2 Å². The monoisotopic (exact) mass is 301 g/mol. The summed E-state index contributed by atoms with van der Waals surface area (Å²) in [5.74, 6) is 0.577. The van der Waals surface area contributed by atoms with Crippen molar-refractivity contribution >= 4 is 22.7 Å². The number of aryl methyl sites for hydroxylation is 1. The highest BCUT2D eigenvalue weighted by atomic mass is 16.6. The predicted molar refractivity (Wildman–Crippen MR) is 79.0 cm³/mol. The molecule has 0 aliphatic carbocycles. The summed E-state index contributed by atoms with van der Waals surface area (Å²) in [5, 5.41) is 25.3. The van der Waals surface area contributed by atoms with Gasteiger partial charge in [-0.2, -0.15) is 0 Å². The summed E-state index contributed by atoms with van der Waals surface area (Å²) < 4.78 is 5.67. The van der Waals surface area contributed by atoms with E-state index in [0.717, 1.165) is 11.6 Å². The molecular weight excluding hydrogens is 290 g/mol. The molecule has 8 nitrogen and oxygen atoms in total. The number of nitro benzene ring substituents is 2. The molecule has 0 saturated carbocycles. The Morgan fingerprint density at radius 3 is 2.36 bits per heavy atom. The lowest BCUT2D eigenvalue weighted by Gasteiger charge is -2.23. The van der Waals surface area contributed by atoms with Crippen LogP contribution < -0.4 is 10.1 Å². The van der Waals surface area contributed by atoms with Gasteiger partial charge in [-0.05, 0) is 31.5 Å². The minimum Gasteiger partial charge on any atom is -0.452 e. The van der Waals surface area contributed by atoms with Crippen molar-refractivity contribution in [1.82, 2.24) is 0 Å². The van der Waals surface area contributed by atoms with Crippen LogP contribution in [0.15, 0.2) is 24.3 Å². The van der Waals surface area contributed by atoms with Crippen molar-refractivity contribution in [3.63, 3.8) is 0 Å². The SMILES string of the molecule is Cc1ccc2c(c1)Nc1c([N+](=O)[O-])cc([N+](=O)[O-])c(C)c1O2. The normalized spacial score (nSPS) is 11.7. The topological polar surface area (TPSA) is 108 Å². The predicted octanol–water partition coefficient (Wildman–Crippen LogP) is 3.97. The molecule has 0 saturated heterocycles. The highest BCUT2D eigenvalue weighted by Crippen LogP contribution is 2.50. The van der Waals surface area contributed by atoms with Gasteiger partial charge in [0.2, 0.25) is 0 Å². The van der Waals surface area contributed by atoms with E-state index in [9.17, 15) is 20.2 Å². The molecule has 2 aromatic rings. The van der Waals surface area contributed by atoms with Gasteiger partial charge < -0.3 is 10.1 Å². The average molecular weight is 301 g/mol. The van der Waals surface area contributed by atoms with E-state index in [1.165, 1.54) is 6.92 Å². The van der Waals surface area contributed by atoms with Crippen LogP contribution in [0.3, 0.4) is 0 Å². The molecule has 0 amide bonds. The second-order valence-corrected chi connectivity index (χ2v) is 4.98. The average Bonchev–Trinajstić information content (AvgIpc) is 2.45. The van der Waals surface area contributed by atoms with Gasteiger partial charge in [0, 0.05) is 0 Å². The number of hydrogen-bond donors (Lipinski definition) is 1. The molecule has 0 radical (unpaired) electrons. The minimum atomic E-state index is -0.664. The Kier molecular flexibility index (Phi) is 2.94. The molecule has 0 aromatic heterocycles. The van der Waals surface area contributed by atoms with E-state index >= 15 is 0 Å². The fourth-order valence-electron chi connectivity index (χ4n) is 2.39. The third-order valence-electron chi connectivity index (χ3n) is 3.48. The molecule has 1 aliphatic heterocycles. The number of nitrogens with one attached hydrogen (secondary N) is 1. The summed E-state index contributed by atoms with van der Waals surface area (Å²) >= 11 is 0. The summed E-state index contributed by atoms with van der Waals surface area (Å²) in [4.78, 5) is 21.0. The van der Waals surface area contributed by atoms with Gasteiger partial charge in [-0.15, -0.1) is 0 Å². The highest BCUT2D eigenvalue weighted by molar-refractivity contribution is 5.85. The maximum Gasteiger partial charge on any atom is 0.303 e. The van der Waals surface area contributed by atoms with Crippen molar-refractivity contribution in [3.8, 4) is 11.5 Å². The van der Waals surface area contributed by atoms with Gasteiger partial charge in [0.1, 0.15) is 0 Å². The van der Waals surface area contributed by atoms with Crippen molar-refractivity contribution in [3.05, 3.63) is 55.6 Å². The van der Waals surface area contributed by atoms with Crippen molar-refractivity contribution in [2.45, 2.75) is 13.8 Å². The smallest absolute Gasteiger partial charge is 0.303 e. The molecule has 8 heteroatoms. The van der Waals surface area contributed by atoms with E-state index in [1.807, 2.05) is 13.0 Å². The van der Waals surface area contributed by atoms with Crippen LogP contribution in [0.2, 0.25) is 0 Å². The third-order valence-corrected chi connectivity index (χ3v) is 3.48. The van der Waals surface area contributed by atoms with Gasteiger partial charge in [-0.3, -0.25) is 20.2 Å². The number of anilines is 2. The Hall–Kier alpha value is -3.16. The molecule has 1 heterocycles. The van der Waals surface area contributed by atoms with Crippen LogP contribution in [0.5, 0.6) is 11.5 Å². The van der Waals surface area contributed by atoms with Crippen molar-refractivity contribution < 1.29 is 14.6 Å². The van der Waals surface area contributed by atoms with E-state index < -0.39 is 9.85 Å². The highest BCUT2D eigenvalue weighted by Gasteiger charge is 2.32. The molecule has 0 unspecified atom stereocenters. The van der Waals surface area contributed by atoms with Crippen LogP contribution in [0, 0.1) is 34.1 Å². The molecular formula is C14H11N3O5. The standard InChI is InChI=1S/C14H11N3O5/c1-7-3-4-12-9(5-7)15-13-11(17(20)21)6-10(16(18)19)8(2)14(13)22-12/h3-6,15H,1-2H3. The first-order valence-corrected chi connectivity index (χ1v) is 6.40. The Bertz CT molecular complexity index is 832. The summed E-state index contributed by atoms with van der Waals surface area (Å²) in [6.07, 6.45) is 0. The fraction of sp³-hybridized carbons (Fsp3) is 0.143. The first-order chi connectivity index (χ1) is 10.4. The van der Waals surface area contributed by atoms with Crippen LogP contribution >= 0.6 is 0 Å². The lowest BCUT2D eigenvalue weighted by molar-refractivity contribution is -0.394. The number of ether oxygens (including phenoxy) is 1. The number of rotatable bonds is 2. The minimum absolute atomic E-state index is 0.109. The molecule has 1 aliphatic rings. The molecule has 0 spiro atoms. The molecule has 0 fully saturated rings. The zero-order valence-corrected chi connectivity index (χ0v) is 11.7. The zero-order valence-electron chi connectivity index (χ0n) is 11.7. The fourth-order valence-corrected chi connectivity index (χ4v) is 2.39. The summed E-state index contributed by atoms with van der Waals surface area (Å²) in [6.45, 7) is 3.38. The van der Waals surface area contributed by atoms with Crippen molar-refractivity contribution in [1.29, 1.82) is 0 Å². The van der Waals surface area contributed by atoms with E-state index in [1.54, 1.807) is 12.1 Å². The van der Waals surface area contributed by atoms with Gasteiger partial charge in [-0.1, -0.05) is 6.07 Å². The summed E-state index contributed by atoms with van der Waals surface area (Å²) in [7, 11) is 0. The van der Waals surface area contributed by atoms with Crippen LogP contribution in [0.1, 0.15) is 11.1 Å². The largest absolute Gasteiger partial charge is 0.452 e. The Morgan fingerprint density at radius 1 is 1.05 bits per heavy atom. The zero-order chi connectivity index (χ0) is 16.0. The molecule has 1 N–H and O–H groups in total. The van der Waals surface area contributed by atoms with E-state index in [0.29, 0.717) is 11.4 Å². The molecule has 112 valence electrons. The van der Waals surface area contributed by atoms with Gasteiger partial charge >= 0.3 is 5.69 Å². The first kappa shape index (κ1) is 13.8. The van der Waals surface area contributed by atoms with Crippen molar-refractivity contribution in [2.24, 2.45) is 0 Å². The van der Waals surface area contributed by atoms with Gasteiger partial charge in [0.25, 0.3) is 5.69 Å². The van der Waals surface area contributed by atoms with Crippen LogP contribution in [0.4, 0.5) is 22.7 Å². The molecule has 3 rings (SSSR count). The lowest BCUT2D eigenvalue weighted by Crippen LogP contribution is -2.08. The number of benzene rings is 2.